The molecule has 0 spiro atoms. The lowest BCUT2D eigenvalue weighted by molar-refractivity contribution is -0.203. The third-order valence-corrected chi connectivity index (χ3v) is 6.41. The van der Waals surface area contributed by atoms with E-state index in [0.717, 1.165) is 5.56 Å². The van der Waals surface area contributed by atoms with Crippen LogP contribution in [0.4, 0.5) is 5.82 Å². The number of ether oxygens (including phenoxy) is 6. The van der Waals surface area contributed by atoms with Crippen LogP contribution in [0.5, 0.6) is 11.5 Å². The fraction of sp³-hybridized carbons (Fsp3) is 0.440. The van der Waals surface area contributed by atoms with Gasteiger partial charge >= 0.3 is 5.97 Å². The molecule has 2 aliphatic rings. The molecule has 12 nitrogen and oxygen atoms in total. The molecule has 0 radical (unpaired) electrons. The molecule has 5 rings (SSSR count). The van der Waals surface area contributed by atoms with Gasteiger partial charge in [0.2, 0.25) is 0 Å². The Hall–Kier alpha value is -3.92. The molecule has 1 aromatic carbocycles. The van der Waals surface area contributed by atoms with E-state index in [4.69, 9.17) is 28.4 Å². The molecule has 1 N–H and O–H groups in total. The van der Waals surface area contributed by atoms with Crippen LogP contribution in [0, 0.1) is 11.3 Å². The van der Waals surface area contributed by atoms with Crippen LogP contribution in [0.15, 0.2) is 30.7 Å². The van der Waals surface area contributed by atoms with Crippen LogP contribution in [0.2, 0.25) is 0 Å². The standard InChI is InChI=1S/C25H27N5O7/c1-25(2)36-18-19(37-25)23(35-20(18)24(31)34-5)30-11-14(9-26)17-21(28-12-29-22(17)30)27-10-13-6-7-15(32-3)8-16(13)33-4/h6-8,11-12,18-20,23H,10H2,1-5H3,(H,27,28,29)/t18-,19+,20-,23+/m0/s1. The Kier molecular flexibility index (Phi) is 6.36. The minimum atomic E-state index is -0.994. The zero-order chi connectivity index (χ0) is 26.3. The molecule has 2 saturated heterocycles. The molecule has 37 heavy (non-hydrogen) atoms. The highest BCUT2D eigenvalue weighted by molar-refractivity contribution is 5.93. The molecule has 2 fully saturated rings. The highest BCUT2D eigenvalue weighted by atomic mass is 16.8. The summed E-state index contributed by atoms with van der Waals surface area (Å²) in [6, 6.07) is 7.73. The predicted molar refractivity (Wildman–Crippen MR) is 129 cm³/mol. The number of hydrogen-bond donors (Lipinski definition) is 1. The van der Waals surface area contributed by atoms with Crippen molar-refractivity contribution >= 4 is 22.8 Å². The lowest BCUT2D eigenvalue weighted by atomic mass is 10.1. The van der Waals surface area contributed by atoms with Gasteiger partial charge in [0, 0.05) is 24.4 Å². The first-order valence-corrected chi connectivity index (χ1v) is 11.6. The maximum atomic E-state index is 12.4. The van der Waals surface area contributed by atoms with Crippen LogP contribution >= 0.6 is 0 Å². The van der Waals surface area contributed by atoms with Crippen molar-refractivity contribution in [3.8, 4) is 17.6 Å². The van der Waals surface area contributed by atoms with Gasteiger partial charge in [0.05, 0.1) is 32.3 Å². The Balaban J connectivity index is 1.50. The van der Waals surface area contributed by atoms with Gasteiger partial charge in [0.1, 0.15) is 47.6 Å². The lowest BCUT2D eigenvalue weighted by Gasteiger charge is -2.24. The minimum Gasteiger partial charge on any atom is -0.497 e. The van der Waals surface area contributed by atoms with Crippen LogP contribution in [0.1, 0.15) is 31.2 Å². The number of aromatic nitrogens is 3. The van der Waals surface area contributed by atoms with Crippen molar-refractivity contribution in [1.82, 2.24) is 14.5 Å². The summed E-state index contributed by atoms with van der Waals surface area (Å²) < 4.78 is 35.5. The van der Waals surface area contributed by atoms with E-state index in [9.17, 15) is 10.1 Å². The average Bonchev–Trinajstić information content (AvgIpc) is 3.54. The van der Waals surface area contributed by atoms with Crippen LogP contribution < -0.4 is 14.8 Å². The Morgan fingerprint density at radius 2 is 1.97 bits per heavy atom. The fourth-order valence-electron chi connectivity index (χ4n) is 4.78. The van der Waals surface area contributed by atoms with E-state index in [0.29, 0.717) is 40.5 Å². The summed E-state index contributed by atoms with van der Waals surface area (Å²) in [6.45, 7) is 3.90. The number of nitrogens with zero attached hydrogens (tertiary/aromatic N) is 4. The van der Waals surface area contributed by atoms with E-state index in [2.05, 4.69) is 21.4 Å². The van der Waals surface area contributed by atoms with Crippen LogP contribution in [0.3, 0.4) is 0 Å². The minimum absolute atomic E-state index is 0.333. The van der Waals surface area contributed by atoms with Crippen molar-refractivity contribution in [2.75, 3.05) is 26.6 Å². The van der Waals surface area contributed by atoms with Gasteiger partial charge in [-0.3, -0.25) is 0 Å². The van der Waals surface area contributed by atoms with E-state index < -0.39 is 36.3 Å². The van der Waals surface area contributed by atoms with Gasteiger partial charge in [-0.1, -0.05) is 0 Å². The third-order valence-electron chi connectivity index (χ3n) is 6.41. The monoisotopic (exact) mass is 509 g/mol. The largest absolute Gasteiger partial charge is 0.497 e. The lowest BCUT2D eigenvalue weighted by Crippen LogP contribution is -2.36. The zero-order valence-corrected chi connectivity index (χ0v) is 21.0. The predicted octanol–water partition coefficient (Wildman–Crippen LogP) is 2.52. The number of hydrogen-bond acceptors (Lipinski definition) is 11. The summed E-state index contributed by atoms with van der Waals surface area (Å²) in [4.78, 5) is 21.3. The number of carbonyl (C=O) groups is 1. The summed E-state index contributed by atoms with van der Waals surface area (Å²) in [6.07, 6.45) is -0.0762. The topological polar surface area (TPSA) is 139 Å². The van der Waals surface area contributed by atoms with E-state index in [1.807, 2.05) is 12.1 Å². The molecular formula is C25H27N5O7. The number of nitriles is 1. The Bertz CT molecular complexity index is 1380. The van der Waals surface area contributed by atoms with Gasteiger partial charge in [-0.15, -0.1) is 0 Å². The summed E-state index contributed by atoms with van der Waals surface area (Å²) in [7, 11) is 4.46. The summed E-state index contributed by atoms with van der Waals surface area (Å²) in [5, 5.41) is 13.7. The molecule has 0 bridgehead atoms. The molecule has 3 aromatic rings. The number of nitrogens with one attached hydrogen (secondary N) is 1. The van der Waals surface area contributed by atoms with Gasteiger partial charge in [0.15, 0.2) is 18.1 Å². The van der Waals surface area contributed by atoms with E-state index >= 15 is 0 Å². The molecule has 12 heteroatoms. The SMILES string of the molecule is COC(=O)[C@H]1O[C@@H](n2cc(C#N)c3c(NCc4ccc(OC)cc4OC)ncnc32)[C@@H]2OC(C)(C)O[C@@H]21. The maximum Gasteiger partial charge on any atom is 0.337 e. The molecule has 194 valence electrons. The molecule has 2 aliphatic heterocycles. The first-order valence-electron chi connectivity index (χ1n) is 11.6. The quantitative estimate of drug-likeness (QED) is 0.470. The molecule has 0 unspecified atom stereocenters. The van der Waals surface area contributed by atoms with Gasteiger partial charge in [-0.25, -0.2) is 14.8 Å². The van der Waals surface area contributed by atoms with Gasteiger partial charge in [-0.2, -0.15) is 5.26 Å². The number of rotatable bonds is 7. The Morgan fingerprint density at radius 1 is 1.19 bits per heavy atom. The van der Waals surface area contributed by atoms with Gasteiger partial charge in [-0.05, 0) is 26.0 Å². The second-order valence-corrected chi connectivity index (χ2v) is 9.05. The smallest absolute Gasteiger partial charge is 0.337 e. The molecule has 0 saturated carbocycles. The second kappa shape index (κ2) is 9.51. The highest BCUT2D eigenvalue weighted by Gasteiger charge is 2.58. The first-order chi connectivity index (χ1) is 17.8. The fourth-order valence-corrected chi connectivity index (χ4v) is 4.78. The average molecular weight is 510 g/mol. The number of esters is 1. The molecule has 4 atom stereocenters. The first kappa shape index (κ1) is 24.8. The van der Waals surface area contributed by atoms with Crippen molar-refractivity contribution in [2.24, 2.45) is 0 Å². The Morgan fingerprint density at radius 3 is 2.68 bits per heavy atom. The molecule has 4 heterocycles. The van der Waals surface area contributed by atoms with Crippen molar-refractivity contribution in [2.45, 2.75) is 50.7 Å². The third kappa shape index (κ3) is 4.31. The van der Waals surface area contributed by atoms with Crippen LogP contribution in [-0.4, -0.2) is 65.9 Å². The molecule has 2 aromatic heterocycles. The number of anilines is 1. The van der Waals surface area contributed by atoms with E-state index in [1.54, 1.807) is 44.9 Å². The number of fused-ring (bicyclic) bond motifs is 2. The van der Waals surface area contributed by atoms with Crippen molar-refractivity contribution < 1.29 is 33.2 Å². The van der Waals surface area contributed by atoms with Crippen molar-refractivity contribution in [3.63, 3.8) is 0 Å². The summed E-state index contributed by atoms with van der Waals surface area (Å²) in [5.74, 6) is 0.289. The maximum absolute atomic E-state index is 12.4. The molecule has 0 aliphatic carbocycles. The van der Waals surface area contributed by atoms with Crippen LogP contribution in [0.25, 0.3) is 11.0 Å². The Labute approximate surface area is 213 Å². The number of methoxy groups -OCH3 is 3. The number of carbonyl (C=O) groups excluding carboxylic acids is 1. The zero-order valence-electron chi connectivity index (χ0n) is 21.0. The second-order valence-electron chi connectivity index (χ2n) is 9.05. The van der Waals surface area contributed by atoms with Gasteiger partial charge < -0.3 is 38.3 Å². The number of benzene rings is 1. The molecule has 0 amide bonds. The molecular weight excluding hydrogens is 482 g/mol. The summed E-state index contributed by atoms with van der Waals surface area (Å²) in [5.41, 5.74) is 1.65. The van der Waals surface area contributed by atoms with Gasteiger partial charge in [0.25, 0.3) is 0 Å². The highest BCUT2D eigenvalue weighted by Crippen LogP contribution is 2.45. The van der Waals surface area contributed by atoms with Crippen LogP contribution in [-0.2, 0) is 30.3 Å². The van der Waals surface area contributed by atoms with E-state index in [-0.39, 0.29) is 0 Å². The normalized spacial score (nSPS) is 23.9. The van der Waals surface area contributed by atoms with Crippen molar-refractivity contribution in [1.29, 1.82) is 5.26 Å². The van der Waals surface area contributed by atoms with E-state index in [1.165, 1.54) is 13.4 Å². The van der Waals surface area contributed by atoms with Crippen molar-refractivity contribution in [3.05, 3.63) is 41.9 Å². The summed E-state index contributed by atoms with van der Waals surface area (Å²) >= 11 is 0.